The highest BCUT2D eigenvalue weighted by Crippen LogP contribution is 2.26. The van der Waals surface area contributed by atoms with E-state index in [0.717, 1.165) is 16.1 Å². The summed E-state index contributed by atoms with van der Waals surface area (Å²) < 4.78 is 16.3. The van der Waals surface area contributed by atoms with Gasteiger partial charge >= 0.3 is 0 Å². The normalized spacial score (nSPS) is 11.0. The standard InChI is InChI=1S/C17H8BrNO5/c18-10-3-4-12-9(6-10)7-14(24-12)16(20)11-8-23-19-15(11)17(21)13-2-1-5-22-13/h1-8H. The van der Waals surface area contributed by atoms with E-state index in [9.17, 15) is 9.59 Å². The van der Waals surface area contributed by atoms with Crippen LogP contribution in [-0.2, 0) is 0 Å². The van der Waals surface area contributed by atoms with Crippen molar-refractivity contribution < 1.29 is 22.9 Å². The van der Waals surface area contributed by atoms with E-state index in [-0.39, 0.29) is 22.8 Å². The van der Waals surface area contributed by atoms with Gasteiger partial charge in [-0.05, 0) is 36.4 Å². The molecule has 4 rings (SSSR count). The van der Waals surface area contributed by atoms with E-state index in [0.29, 0.717) is 5.58 Å². The third-order valence-electron chi connectivity index (χ3n) is 3.48. The number of benzene rings is 1. The first kappa shape index (κ1) is 14.6. The quantitative estimate of drug-likeness (QED) is 0.488. The summed E-state index contributed by atoms with van der Waals surface area (Å²) in [6, 6.07) is 10.1. The number of ketones is 2. The van der Waals surface area contributed by atoms with Crippen LogP contribution in [0.25, 0.3) is 11.0 Å². The number of halogens is 1. The molecule has 0 amide bonds. The van der Waals surface area contributed by atoms with Gasteiger partial charge in [-0.15, -0.1) is 0 Å². The highest BCUT2D eigenvalue weighted by Gasteiger charge is 2.27. The molecule has 0 fully saturated rings. The maximum atomic E-state index is 12.7. The van der Waals surface area contributed by atoms with E-state index in [1.807, 2.05) is 12.1 Å². The van der Waals surface area contributed by atoms with E-state index in [1.54, 1.807) is 18.2 Å². The zero-order valence-electron chi connectivity index (χ0n) is 12.0. The Morgan fingerprint density at radius 2 is 1.92 bits per heavy atom. The fourth-order valence-corrected chi connectivity index (χ4v) is 2.72. The number of rotatable bonds is 4. The molecule has 0 unspecified atom stereocenters. The van der Waals surface area contributed by atoms with Gasteiger partial charge in [0, 0.05) is 9.86 Å². The van der Waals surface area contributed by atoms with Crippen LogP contribution in [-0.4, -0.2) is 16.7 Å². The lowest BCUT2D eigenvalue weighted by molar-refractivity contribution is 0.0976. The Labute approximate surface area is 143 Å². The number of nitrogens with zero attached hydrogens (tertiary/aromatic N) is 1. The Hall–Kier alpha value is -2.93. The van der Waals surface area contributed by atoms with Gasteiger partial charge in [-0.25, -0.2) is 0 Å². The van der Waals surface area contributed by atoms with Crippen molar-refractivity contribution in [3.8, 4) is 0 Å². The van der Waals surface area contributed by atoms with E-state index in [2.05, 4.69) is 21.1 Å². The summed E-state index contributed by atoms with van der Waals surface area (Å²) in [5.41, 5.74) is 0.475. The second kappa shape index (κ2) is 5.61. The van der Waals surface area contributed by atoms with Crippen LogP contribution in [0.1, 0.15) is 32.4 Å². The van der Waals surface area contributed by atoms with Gasteiger partial charge in [-0.3, -0.25) is 9.59 Å². The van der Waals surface area contributed by atoms with Crippen LogP contribution in [0.3, 0.4) is 0 Å². The first-order valence-electron chi connectivity index (χ1n) is 6.90. The number of fused-ring (bicyclic) bond motifs is 1. The maximum Gasteiger partial charge on any atom is 0.250 e. The van der Waals surface area contributed by atoms with E-state index >= 15 is 0 Å². The molecule has 0 aliphatic heterocycles. The van der Waals surface area contributed by atoms with E-state index in [4.69, 9.17) is 13.4 Å². The topological polar surface area (TPSA) is 86.5 Å². The Bertz CT molecular complexity index is 1060. The molecule has 3 aromatic heterocycles. The largest absolute Gasteiger partial charge is 0.461 e. The number of carbonyl (C=O) groups is 2. The summed E-state index contributed by atoms with van der Waals surface area (Å²) in [5, 5.41) is 4.40. The fraction of sp³-hybridized carbons (Fsp3) is 0. The molecule has 118 valence electrons. The van der Waals surface area contributed by atoms with E-state index in [1.165, 1.54) is 12.3 Å². The first-order chi connectivity index (χ1) is 11.6. The Morgan fingerprint density at radius 1 is 1.04 bits per heavy atom. The zero-order chi connectivity index (χ0) is 16.7. The molecule has 7 heteroatoms. The number of hydrogen-bond donors (Lipinski definition) is 0. The van der Waals surface area contributed by atoms with Gasteiger partial charge in [0.25, 0.3) is 5.78 Å². The summed E-state index contributed by atoms with van der Waals surface area (Å²) in [6.07, 6.45) is 2.49. The van der Waals surface area contributed by atoms with Crippen molar-refractivity contribution in [3.05, 3.63) is 76.2 Å². The molecule has 3 heterocycles. The Balaban J connectivity index is 1.74. The molecule has 0 spiro atoms. The molecule has 24 heavy (non-hydrogen) atoms. The van der Waals surface area contributed by atoms with E-state index < -0.39 is 11.6 Å². The lowest BCUT2D eigenvalue weighted by atomic mass is 10.1. The predicted molar refractivity (Wildman–Crippen MR) is 86.0 cm³/mol. The smallest absolute Gasteiger partial charge is 0.250 e. The van der Waals surface area contributed by atoms with Crippen molar-refractivity contribution in [1.82, 2.24) is 5.16 Å². The minimum Gasteiger partial charge on any atom is -0.461 e. The number of hydrogen-bond acceptors (Lipinski definition) is 6. The average molecular weight is 386 g/mol. The molecule has 1 aromatic carbocycles. The molecule has 0 saturated carbocycles. The van der Waals surface area contributed by atoms with Gasteiger partial charge in [-0.1, -0.05) is 21.1 Å². The SMILES string of the molecule is O=C(c1cc2cc(Br)ccc2o1)c1conc1C(=O)c1ccco1. The molecule has 4 aromatic rings. The van der Waals surface area contributed by atoms with Crippen LogP contribution >= 0.6 is 15.9 Å². The monoisotopic (exact) mass is 385 g/mol. The third-order valence-corrected chi connectivity index (χ3v) is 3.97. The van der Waals surface area contributed by atoms with Crippen molar-refractivity contribution in [2.45, 2.75) is 0 Å². The Kier molecular flexibility index (Phi) is 3.42. The molecule has 0 N–H and O–H groups in total. The molecule has 0 saturated heterocycles. The minimum atomic E-state index is -0.532. The number of carbonyl (C=O) groups excluding carboxylic acids is 2. The van der Waals surface area contributed by atoms with Gasteiger partial charge in [-0.2, -0.15) is 0 Å². The number of aromatic nitrogens is 1. The first-order valence-corrected chi connectivity index (χ1v) is 7.69. The number of furan rings is 2. The van der Waals surface area contributed by atoms with Crippen LogP contribution in [0.5, 0.6) is 0 Å². The molecular formula is C17H8BrNO5. The van der Waals surface area contributed by atoms with Crippen molar-refractivity contribution in [2.24, 2.45) is 0 Å². The van der Waals surface area contributed by atoms with Gasteiger partial charge in [0.2, 0.25) is 5.78 Å². The molecule has 0 aliphatic rings. The van der Waals surface area contributed by atoms with Crippen molar-refractivity contribution in [1.29, 1.82) is 0 Å². The fourth-order valence-electron chi connectivity index (χ4n) is 2.34. The molecule has 0 bridgehead atoms. The van der Waals surface area contributed by atoms with Crippen LogP contribution in [0.15, 0.2) is 66.8 Å². The lowest BCUT2D eigenvalue weighted by Crippen LogP contribution is -2.08. The molecule has 0 radical (unpaired) electrons. The average Bonchev–Trinajstić information content (AvgIpc) is 3.31. The summed E-state index contributed by atoms with van der Waals surface area (Å²) >= 11 is 3.36. The van der Waals surface area contributed by atoms with Crippen LogP contribution < -0.4 is 0 Å². The molecule has 0 aliphatic carbocycles. The van der Waals surface area contributed by atoms with Crippen molar-refractivity contribution in [2.75, 3.05) is 0 Å². The van der Waals surface area contributed by atoms with Gasteiger partial charge in [0.15, 0.2) is 17.2 Å². The predicted octanol–water partition coefficient (Wildman–Crippen LogP) is 4.24. The summed E-state index contributed by atoms with van der Waals surface area (Å²) in [7, 11) is 0. The minimum absolute atomic E-state index is 0.0227. The second-order valence-corrected chi connectivity index (χ2v) is 5.92. The molecule has 0 atom stereocenters. The summed E-state index contributed by atoms with van der Waals surface area (Å²) in [4.78, 5) is 25.0. The van der Waals surface area contributed by atoms with Crippen molar-refractivity contribution in [3.63, 3.8) is 0 Å². The maximum absolute atomic E-state index is 12.7. The Morgan fingerprint density at radius 3 is 2.71 bits per heavy atom. The van der Waals surface area contributed by atoms with Gasteiger partial charge in [0.1, 0.15) is 11.8 Å². The summed E-state index contributed by atoms with van der Waals surface area (Å²) in [6.45, 7) is 0. The molecule has 6 nitrogen and oxygen atoms in total. The zero-order valence-corrected chi connectivity index (χ0v) is 13.6. The van der Waals surface area contributed by atoms with Crippen molar-refractivity contribution >= 4 is 38.5 Å². The van der Waals surface area contributed by atoms with Gasteiger partial charge in [0.05, 0.1) is 11.8 Å². The lowest BCUT2D eigenvalue weighted by Gasteiger charge is -1.96. The molecular weight excluding hydrogens is 378 g/mol. The van der Waals surface area contributed by atoms with Crippen LogP contribution in [0, 0.1) is 0 Å². The highest BCUT2D eigenvalue weighted by atomic mass is 79.9. The van der Waals surface area contributed by atoms with Gasteiger partial charge < -0.3 is 13.4 Å². The second-order valence-electron chi connectivity index (χ2n) is 5.01. The highest BCUT2D eigenvalue weighted by molar-refractivity contribution is 9.10. The summed E-state index contributed by atoms with van der Waals surface area (Å²) in [5.74, 6) is -0.847. The van der Waals surface area contributed by atoms with Crippen LogP contribution in [0.2, 0.25) is 0 Å². The van der Waals surface area contributed by atoms with Crippen LogP contribution in [0.4, 0.5) is 0 Å². The third kappa shape index (κ3) is 2.39.